The highest BCUT2D eigenvalue weighted by atomic mass is 16.5. The molecule has 5 nitrogen and oxygen atoms in total. The summed E-state index contributed by atoms with van der Waals surface area (Å²) >= 11 is 0. The van der Waals surface area contributed by atoms with Crippen molar-refractivity contribution in [3.63, 3.8) is 0 Å². The van der Waals surface area contributed by atoms with Crippen molar-refractivity contribution < 1.29 is 14.6 Å². The Kier molecular flexibility index (Phi) is 4.60. The van der Waals surface area contributed by atoms with Crippen LogP contribution in [0.15, 0.2) is 42.5 Å². The average molecular weight is 312 g/mol. The molecule has 1 aliphatic rings. The molecule has 23 heavy (non-hydrogen) atoms. The molecule has 2 aromatic rings. The minimum Gasteiger partial charge on any atom is -0.482 e. The molecule has 3 N–H and O–H groups in total. The number of anilines is 1. The van der Waals surface area contributed by atoms with E-state index in [4.69, 9.17) is 9.84 Å². The van der Waals surface area contributed by atoms with Gasteiger partial charge in [-0.15, -0.1) is 0 Å². The van der Waals surface area contributed by atoms with E-state index in [2.05, 4.69) is 17.6 Å². The van der Waals surface area contributed by atoms with E-state index in [0.29, 0.717) is 5.75 Å². The Hall–Kier alpha value is -2.37. The molecular weight excluding hydrogens is 292 g/mol. The van der Waals surface area contributed by atoms with Crippen LogP contribution in [-0.2, 0) is 17.9 Å². The van der Waals surface area contributed by atoms with Crippen molar-refractivity contribution in [2.45, 2.75) is 26.1 Å². The first-order chi connectivity index (χ1) is 11.2. The van der Waals surface area contributed by atoms with Crippen LogP contribution in [0.1, 0.15) is 29.7 Å². The fourth-order valence-electron chi connectivity index (χ4n) is 2.52. The number of aliphatic hydroxyl groups is 1. The van der Waals surface area contributed by atoms with Gasteiger partial charge in [-0.3, -0.25) is 4.79 Å². The van der Waals surface area contributed by atoms with Crippen LogP contribution in [0.25, 0.3) is 0 Å². The van der Waals surface area contributed by atoms with Gasteiger partial charge in [0.05, 0.1) is 12.3 Å². The molecule has 1 aliphatic heterocycles. The maximum atomic E-state index is 11.4. The van der Waals surface area contributed by atoms with Crippen molar-refractivity contribution in [2.24, 2.45) is 0 Å². The topological polar surface area (TPSA) is 70.6 Å². The third-order valence-electron chi connectivity index (χ3n) is 3.95. The minimum absolute atomic E-state index is 0.0625. The molecule has 0 saturated heterocycles. The first-order valence-electron chi connectivity index (χ1n) is 7.64. The monoisotopic (exact) mass is 312 g/mol. The molecule has 1 amide bonds. The third-order valence-corrected chi connectivity index (χ3v) is 3.95. The van der Waals surface area contributed by atoms with E-state index < -0.39 is 0 Å². The fourth-order valence-corrected chi connectivity index (χ4v) is 2.52. The lowest BCUT2D eigenvalue weighted by Crippen LogP contribution is -2.26. The molecule has 1 heterocycles. The number of fused-ring (bicyclic) bond motifs is 1. The Morgan fingerprint density at radius 1 is 1.22 bits per heavy atom. The Balaban J connectivity index is 1.64. The molecule has 0 saturated carbocycles. The molecule has 0 spiro atoms. The van der Waals surface area contributed by atoms with E-state index in [9.17, 15) is 4.79 Å². The zero-order valence-electron chi connectivity index (χ0n) is 13.0. The van der Waals surface area contributed by atoms with Gasteiger partial charge in [0.15, 0.2) is 6.61 Å². The van der Waals surface area contributed by atoms with Crippen LogP contribution in [0.4, 0.5) is 5.69 Å². The second-order valence-electron chi connectivity index (χ2n) is 5.67. The molecule has 0 radical (unpaired) electrons. The number of ether oxygens (including phenoxy) is 1. The Morgan fingerprint density at radius 3 is 2.70 bits per heavy atom. The van der Waals surface area contributed by atoms with Gasteiger partial charge >= 0.3 is 0 Å². The lowest BCUT2D eigenvalue weighted by atomic mass is 10.1. The minimum atomic E-state index is -0.126. The van der Waals surface area contributed by atoms with E-state index in [1.165, 1.54) is 0 Å². The molecule has 0 aromatic heterocycles. The van der Waals surface area contributed by atoms with Gasteiger partial charge in [-0.1, -0.05) is 30.3 Å². The van der Waals surface area contributed by atoms with Gasteiger partial charge in [0, 0.05) is 12.6 Å². The number of nitrogens with one attached hydrogen (secondary N) is 2. The highest BCUT2D eigenvalue weighted by molar-refractivity contribution is 5.95. The van der Waals surface area contributed by atoms with Gasteiger partial charge < -0.3 is 20.5 Å². The van der Waals surface area contributed by atoms with Gasteiger partial charge in [-0.25, -0.2) is 0 Å². The summed E-state index contributed by atoms with van der Waals surface area (Å²) in [7, 11) is 0. The Labute approximate surface area is 135 Å². The van der Waals surface area contributed by atoms with Crippen molar-refractivity contribution in [1.29, 1.82) is 0 Å². The van der Waals surface area contributed by atoms with Crippen molar-refractivity contribution in [1.82, 2.24) is 5.32 Å². The highest BCUT2D eigenvalue weighted by Gasteiger charge is 2.17. The van der Waals surface area contributed by atoms with E-state index in [1.807, 2.05) is 42.5 Å². The number of amides is 1. The summed E-state index contributed by atoms with van der Waals surface area (Å²) in [5, 5.41) is 15.3. The van der Waals surface area contributed by atoms with Crippen LogP contribution in [0.2, 0.25) is 0 Å². The molecule has 1 atom stereocenters. The molecule has 0 aliphatic carbocycles. The summed E-state index contributed by atoms with van der Waals surface area (Å²) in [6.07, 6.45) is 0. The second-order valence-corrected chi connectivity index (χ2v) is 5.67. The van der Waals surface area contributed by atoms with Crippen LogP contribution in [0, 0.1) is 0 Å². The van der Waals surface area contributed by atoms with Gasteiger partial charge in [0.1, 0.15) is 5.75 Å². The largest absolute Gasteiger partial charge is 0.482 e. The normalized spacial score (nSPS) is 14.6. The van der Waals surface area contributed by atoms with E-state index in [0.717, 1.165) is 28.9 Å². The first-order valence-corrected chi connectivity index (χ1v) is 7.64. The van der Waals surface area contributed by atoms with Crippen molar-refractivity contribution in [3.05, 3.63) is 59.2 Å². The Bertz CT molecular complexity index is 698. The average Bonchev–Trinajstić information content (AvgIpc) is 2.59. The zero-order valence-corrected chi connectivity index (χ0v) is 13.0. The third kappa shape index (κ3) is 3.70. The molecule has 0 bridgehead atoms. The fraction of sp³-hybridized carbons (Fsp3) is 0.278. The summed E-state index contributed by atoms with van der Waals surface area (Å²) < 4.78 is 5.37. The number of carbonyl (C=O) groups is 1. The number of hydrogen-bond donors (Lipinski definition) is 3. The number of rotatable bonds is 5. The van der Waals surface area contributed by atoms with Crippen molar-refractivity contribution >= 4 is 11.6 Å². The van der Waals surface area contributed by atoms with Gasteiger partial charge in [-0.2, -0.15) is 0 Å². The SMILES string of the molecule is CC(NCc1ccc(CO)cc1)c1ccc2c(c1)NC(=O)CO2. The number of aliphatic hydroxyl groups excluding tert-OH is 1. The summed E-state index contributed by atoms with van der Waals surface area (Å²) in [4.78, 5) is 11.4. The quantitative estimate of drug-likeness (QED) is 0.792. The number of hydrogen-bond acceptors (Lipinski definition) is 4. The zero-order chi connectivity index (χ0) is 16.2. The molecule has 2 aromatic carbocycles. The van der Waals surface area contributed by atoms with Gasteiger partial charge in [0.25, 0.3) is 5.91 Å². The molecule has 3 rings (SSSR count). The number of benzene rings is 2. The maximum Gasteiger partial charge on any atom is 0.262 e. The summed E-state index contributed by atoms with van der Waals surface area (Å²) in [5.41, 5.74) is 3.87. The molecule has 0 fully saturated rings. The van der Waals surface area contributed by atoms with Crippen molar-refractivity contribution in [2.75, 3.05) is 11.9 Å². The van der Waals surface area contributed by atoms with Crippen LogP contribution in [0.3, 0.4) is 0 Å². The van der Waals surface area contributed by atoms with E-state index in [1.54, 1.807) is 0 Å². The molecule has 120 valence electrons. The highest BCUT2D eigenvalue weighted by Crippen LogP contribution is 2.30. The summed E-state index contributed by atoms with van der Waals surface area (Å²) in [6, 6.07) is 13.8. The standard InChI is InChI=1S/C18H20N2O3/c1-12(19-9-13-2-4-14(10-21)5-3-13)15-6-7-17-16(8-15)20-18(22)11-23-17/h2-8,12,19,21H,9-11H2,1H3,(H,20,22). The van der Waals surface area contributed by atoms with Crippen LogP contribution >= 0.6 is 0 Å². The van der Waals surface area contributed by atoms with Gasteiger partial charge in [-0.05, 0) is 35.7 Å². The second kappa shape index (κ2) is 6.81. The molecule has 1 unspecified atom stereocenters. The van der Waals surface area contributed by atoms with Crippen LogP contribution in [-0.4, -0.2) is 17.6 Å². The summed E-state index contributed by atoms with van der Waals surface area (Å²) in [6.45, 7) is 2.94. The van der Waals surface area contributed by atoms with Crippen LogP contribution < -0.4 is 15.4 Å². The van der Waals surface area contributed by atoms with Crippen molar-refractivity contribution in [3.8, 4) is 5.75 Å². The lowest BCUT2D eigenvalue weighted by molar-refractivity contribution is -0.118. The van der Waals surface area contributed by atoms with E-state index >= 15 is 0 Å². The first kappa shape index (κ1) is 15.5. The summed E-state index contributed by atoms with van der Waals surface area (Å²) in [5.74, 6) is 0.583. The van der Waals surface area contributed by atoms with E-state index in [-0.39, 0.29) is 25.2 Å². The van der Waals surface area contributed by atoms with Gasteiger partial charge in [0.2, 0.25) is 0 Å². The smallest absolute Gasteiger partial charge is 0.262 e. The van der Waals surface area contributed by atoms with Crippen LogP contribution in [0.5, 0.6) is 5.75 Å². The Morgan fingerprint density at radius 2 is 1.96 bits per heavy atom. The predicted octanol–water partition coefficient (Wildman–Crippen LogP) is 2.36. The number of carbonyl (C=O) groups excluding carboxylic acids is 1. The molecular formula is C18H20N2O3. The maximum absolute atomic E-state index is 11.4. The lowest BCUT2D eigenvalue weighted by Gasteiger charge is -2.21. The predicted molar refractivity (Wildman–Crippen MR) is 88.2 cm³/mol. The molecule has 5 heteroatoms.